The van der Waals surface area contributed by atoms with E-state index in [1.54, 1.807) is 0 Å². The lowest BCUT2D eigenvalue weighted by molar-refractivity contribution is -0.0402. The Morgan fingerprint density at radius 3 is 2.12 bits per heavy atom. The van der Waals surface area contributed by atoms with Gasteiger partial charge in [0.1, 0.15) is 0 Å². The van der Waals surface area contributed by atoms with E-state index in [4.69, 9.17) is 0 Å². The minimum atomic E-state index is -2.52. The second kappa shape index (κ2) is 1.65. The van der Waals surface area contributed by atoms with Crippen LogP contribution in [0, 0.1) is 0 Å². The van der Waals surface area contributed by atoms with Crippen LogP contribution >= 0.6 is 0 Å². The van der Waals surface area contributed by atoms with E-state index in [1.807, 2.05) is 0 Å². The van der Waals surface area contributed by atoms with Crippen LogP contribution in [0.15, 0.2) is 0 Å². The summed E-state index contributed by atoms with van der Waals surface area (Å²) in [6, 6.07) is -0.553. The molecule has 1 rings (SSSR count). The van der Waals surface area contributed by atoms with Crippen LogP contribution in [0.25, 0.3) is 0 Å². The summed E-state index contributed by atoms with van der Waals surface area (Å²) in [6.45, 7) is 1.69. The molecule has 1 aliphatic heterocycles. The predicted octanol–water partition coefficient (Wildman–Crippen LogP) is 1.00. The lowest BCUT2D eigenvalue weighted by atomic mass is 10.0. The van der Waals surface area contributed by atoms with E-state index in [0.29, 0.717) is 6.42 Å². The first-order chi connectivity index (χ1) is 3.61. The van der Waals surface area contributed by atoms with Crippen molar-refractivity contribution in [2.75, 3.05) is 6.54 Å². The Balaban J connectivity index is 2.34. The molecule has 48 valence electrons. The standard InChI is InChI=1S/C5H9F2N/c1-5(6,7)4-2-3-8-4/h4,8H,2-3H2,1H3. The summed E-state index contributed by atoms with van der Waals surface area (Å²) in [4.78, 5) is 0. The van der Waals surface area contributed by atoms with Crippen LogP contribution in [0.2, 0.25) is 0 Å². The van der Waals surface area contributed by atoms with Crippen LogP contribution in [0.3, 0.4) is 0 Å². The molecule has 0 spiro atoms. The summed E-state index contributed by atoms with van der Waals surface area (Å²) >= 11 is 0. The highest BCUT2D eigenvalue weighted by Gasteiger charge is 2.37. The van der Waals surface area contributed by atoms with Crippen LogP contribution < -0.4 is 5.32 Å². The molecule has 1 heterocycles. The summed E-state index contributed by atoms with van der Waals surface area (Å²) in [5.41, 5.74) is 0. The number of halogens is 2. The molecule has 3 heteroatoms. The second-order valence-electron chi connectivity index (χ2n) is 2.25. The average Bonchev–Trinajstić information content (AvgIpc) is 1.16. The SMILES string of the molecule is CC(F)(F)C1CCN1. The first kappa shape index (κ1) is 5.95. The van der Waals surface area contributed by atoms with Gasteiger partial charge in [-0.3, -0.25) is 0 Å². The predicted molar refractivity (Wildman–Crippen MR) is 27.0 cm³/mol. The number of rotatable bonds is 1. The fourth-order valence-electron chi connectivity index (χ4n) is 0.721. The van der Waals surface area contributed by atoms with Crippen molar-refractivity contribution in [3.8, 4) is 0 Å². The van der Waals surface area contributed by atoms with Crippen molar-refractivity contribution < 1.29 is 8.78 Å². The fourth-order valence-corrected chi connectivity index (χ4v) is 0.721. The van der Waals surface area contributed by atoms with Crippen LogP contribution in [0.5, 0.6) is 0 Å². The lowest BCUT2D eigenvalue weighted by Crippen LogP contribution is -2.53. The Bertz CT molecular complexity index is 82.9. The van der Waals surface area contributed by atoms with Crippen molar-refractivity contribution in [2.24, 2.45) is 0 Å². The van der Waals surface area contributed by atoms with Gasteiger partial charge in [0.05, 0.1) is 6.04 Å². The molecule has 1 fully saturated rings. The van der Waals surface area contributed by atoms with Gasteiger partial charge in [-0.1, -0.05) is 0 Å². The first-order valence-corrected chi connectivity index (χ1v) is 2.72. The van der Waals surface area contributed by atoms with Gasteiger partial charge in [-0.2, -0.15) is 0 Å². The summed E-state index contributed by atoms with van der Waals surface area (Å²) < 4.78 is 24.2. The van der Waals surface area contributed by atoms with Crippen LogP contribution in [0.1, 0.15) is 13.3 Å². The summed E-state index contributed by atoms with van der Waals surface area (Å²) in [6.07, 6.45) is 0.615. The van der Waals surface area contributed by atoms with Gasteiger partial charge < -0.3 is 5.32 Å². The maximum absolute atomic E-state index is 12.1. The van der Waals surface area contributed by atoms with Gasteiger partial charge in [-0.25, -0.2) is 8.78 Å². The molecular formula is C5H9F2N. The van der Waals surface area contributed by atoms with Crippen molar-refractivity contribution in [2.45, 2.75) is 25.3 Å². The van der Waals surface area contributed by atoms with Crippen LogP contribution in [0.4, 0.5) is 8.78 Å². The van der Waals surface area contributed by atoms with Gasteiger partial charge in [-0.15, -0.1) is 0 Å². The molecule has 0 aromatic carbocycles. The van der Waals surface area contributed by atoms with Gasteiger partial charge in [0.2, 0.25) is 0 Å². The molecule has 0 aromatic heterocycles. The summed E-state index contributed by atoms with van der Waals surface area (Å²) in [5.74, 6) is -2.52. The van der Waals surface area contributed by atoms with Crippen molar-refractivity contribution in [3.05, 3.63) is 0 Å². The third kappa shape index (κ3) is 0.968. The highest BCUT2D eigenvalue weighted by Crippen LogP contribution is 2.23. The minimum Gasteiger partial charge on any atom is -0.309 e. The Labute approximate surface area is 47.1 Å². The minimum absolute atomic E-state index is 0.553. The normalized spacial score (nSPS) is 29.6. The van der Waals surface area contributed by atoms with Gasteiger partial charge in [-0.05, 0) is 13.0 Å². The van der Waals surface area contributed by atoms with E-state index in [9.17, 15) is 8.78 Å². The highest BCUT2D eigenvalue weighted by molar-refractivity contribution is 4.86. The molecular weight excluding hydrogens is 112 g/mol. The monoisotopic (exact) mass is 121 g/mol. The van der Waals surface area contributed by atoms with Gasteiger partial charge in [0.15, 0.2) is 0 Å². The van der Waals surface area contributed by atoms with E-state index < -0.39 is 12.0 Å². The lowest BCUT2D eigenvalue weighted by Gasteiger charge is -2.32. The average molecular weight is 121 g/mol. The van der Waals surface area contributed by atoms with Crippen molar-refractivity contribution >= 4 is 0 Å². The third-order valence-electron chi connectivity index (χ3n) is 1.44. The molecule has 0 saturated carbocycles. The molecule has 0 aliphatic carbocycles. The third-order valence-corrected chi connectivity index (χ3v) is 1.44. The molecule has 0 bridgehead atoms. The maximum atomic E-state index is 12.1. The van der Waals surface area contributed by atoms with Crippen LogP contribution in [-0.2, 0) is 0 Å². The fraction of sp³-hybridized carbons (Fsp3) is 1.00. The summed E-state index contributed by atoms with van der Waals surface area (Å²) in [7, 11) is 0. The van der Waals surface area contributed by atoms with Gasteiger partial charge >= 0.3 is 0 Å². The zero-order valence-corrected chi connectivity index (χ0v) is 4.75. The number of nitrogens with one attached hydrogen (secondary N) is 1. The highest BCUT2D eigenvalue weighted by atomic mass is 19.3. The van der Waals surface area contributed by atoms with Crippen molar-refractivity contribution in [1.82, 2.24) is 5.32 Å². The Morgan fingerprint density at radius 1 is 1.62 bits per heavy atom. The largest absolute Gasteiger partial charge is 0.309 e. The van der Waals surface area contributed by atoms with E-state index in [-0.39, 0.29) is 0 Å². The number of alkyl halides is 2. The molecule has 1 unspecified atom stereocenters. The van der Waals surface area contributed by atoms with E-state index in [2.05, 4.69) is 5.32 Å². The first-order valence-electron chi connectivity index (χ1n) is 2.72. The number of hydrogen-bond acceptors (Lipinski definition) is 1. The van der Waals surface area contributed by atoms with Gasteiger partial charge in [0, 0.05) is 6.92 Å². The van der Waals surface area contributed by atoms with Crippen molar-refractivity contribution in [1.29, 1.82) is 0 Å². The number of hydrogen-bond donors (Lipinski definition) is 1. The molecule has 1 aliphatic rings. The zero-order valence-electron chi connectivity index (χ0n) is 4.75. The summed E-state index contributed by atoms with van der Waals surface area (Å²) in [5, 5.41) is 2.64. The molecule has 0 aromatic rings. The van der Waals surface area contributed by atoms with E-state index in [1.165, 1.54) is 0 Å². The van der Waals surface area contributed by atoms with E-state index >= 15 is 0 Å². The molecule has 1 N–H and O–H groups in total. The Hall–Kier alpha value is -0.180. The van der Waals surface area contributed by atoms with Crippen molar-refractivity contribution in [3.63, 3.8) is 0 Å². The molecule has 1 nitrogen and oxygen atoms in total. The topological polar surface area (TPSA) is 12.0 Å². The quantitative estimate of drug-likeness (QED) is 0.545. The Morgan fingerprint density at radius 2 is 2.12 bits per heavy atom. The molecule has 1 saturated heterocycles. The molecule has 0 amide bonds. The van der Waals surface area contributed by atoms with Gasteiger partial charge in [0.25, 0.3) is 5.92 Å². The zero-order chi connectivity index (χ0) is 6.20. The van der Waals surface area contributed by atoms with E-state index in [0.717, 1.165) is 13.5 Å². The second-order valence-corrected chi connectivity index (χ2v) is 2.25. The molecule has 1 atom stereocenters. The van der Waals surface area contributed by atoms with Crippen LogP contribution in [-0.4, -0.2) is 18.5 Å². The molecule has 8 heavy (non-hydrogen) atoms. The smallest absolute Gasteiger partial charge is 0.260 e. The molecule has 0 radical (unpaired) electrons. The maximum Gasteiger partial charge on any atom is 0.260 e. The Kier molecular flexibility index (Phi) is 1.23.